The van der Waals surface area contributed by atoms with Crippen LogP contribution in [-0.4, -0.2) is 59.1 Å². The van der Waals surface area contributed by atoms with Crippen LogP contribution in [0, 0.1) is 0 Å². The maximum absolute atomic E-state index is 10.4. The molecule has 0 aromatic heterocycles. The molecule has 2 fully saturated rings. The van der Waals surface area contributed by atoms with Gasteiger partial charge in [-0.25, -0.2) is 0 Å². The summed E-state index contributed by atoms with van der Waals surface area (Å²) in [5.41, 5.74) is 0. The predicted molar refractivity (Wildman–Crippen MR) is 65.0 cm³/mol. The fraction of sp³-hybridized carbons (Fsp3) is 0.917. The monoisotopic (exact) mass is 275 g/mol. The standard InChI is InChI=1S/C12H21NO6/c1-11(2)16-6-8(18-11)9(14)10-7(5-13-15)17-12(3,4)19-10/h5,7-10,14-15H,6H2,1-4H3/b13-5+. The summed E-state index contributed by atoms with van der Waals surface area (Å²) in [5.74, 6) is -1.58. The van der Waals surface area contributed by atoms with Crippen LogP contribution in [0.2, 0.25) is 0 Å². The molecule has 0 spiro atoms. The molecule has 2 heterocycles. The number of aliphatic hydroxyl groups is 1. The molecule has 2 N–H and O–H groups in total. The second-order valence-electron chi connectivity index (χ2n) is 5.69. The van der Waals surface area contributed by atoms with Gasteiger partial charge in [0.15, 0.2) is 11.6 Å². The Hall–Kier alpha value is -0.730. The van der Waals surface area contributed by atoms with Crippen molar-refractivity contribution in [2.45, 2.75) is 63.7 Å². The van der Waals surface area contributed by atoms with Crippen LogP contribution in [0.5, 0.6) is 0 Å². The lowest BCUT2D eigenvalue weighted by atomic mass is 10.0. The zero-order valence-electron chi connectivity index (χ0n) is 11.6. The van der Waals surface area contributed by atoms with E-state index >= 15 is 0 Å². The van der Waals surface area contributed by atoms with Gasteiger partial charge in [0, 0.05) is 0 Å². The summed E-state index contributed by atoms with van der Waals surface area (Å²) < 4.78 is 22.2. The largest absolute Gasteiger partial charge is 0.411 e. The zero-order chi connectivity index (χ0) is 14.3. The summed E-state index contributed by atoms with van der Waals surface area (Å²) >= 11 is 0. The van der Waals surface area contributed by atoms with Gasteiger partial charge in [0.2, 0.25) is 0 Å². The lowest BCUT2D eigenvalue weighted by Crippen LogP contribution is -2.45. The van der Waals surface area contributed by atoms with E-state index in [9.17, 15) is 5.11 Å². The Kier molecular flexibility index (Phi) is 3.85. The number of oxime groups is 1. The highest BCUT2D eigenvalue weighted by Gasteiger charge is 2.49. The van der Waals surface area contributed by atoms with Crippen molar-refractivity contribution in [1.29, 1.82) is 0 Å². The first-order chi connectivity index (χ1) is 8.74. The Morgan fingerprint density at radius 1 is 1.16 bits per heavy atom. The van der Waals surface area contributed by atoms with E-state index in [1.165, 1.54) is 6.21 Å². The summed E-state index contributed by atoms with van der Waals surface area (Å²) in [4.78, 5) is 0. The van der Waals surface area contributed by atoms with Crippen molar-refractivity contribution < 1.29 is 29.3 Å². The van der Waals surface area contributed by atoms with E-state index in [-0.39, 0.29) is 6.61 Å². The van der Waals surface area contributed by atoms with Crippen molar-refractivity contribution in [3.05, 3.63) is 0 Å². The van der Waals surface area contributed by atoms with Crippen molar-refractivity contribution in [2.75, 3.05) is 6.61 Å². The van der Waals surface area contributed by atoms with Crippen LogP contribution < -0.4 is 0 Å². The molecule has 0 radical (unpaired) electrons. The van der Waals surface area contributed by atoms with E-state index in [1.807, 2.05) is 0 Å². The third-order valence-corrected chi connectivity index (χ3v) is 3.13. The molecule has 0 aliphatic carbocycles. The number of hydrogen-bond acceptors (Lipinski definition) is 7. The number of ether oxygens (including phenoxy) is 4. The maximum atomic E-state index is 10.4. The van der Waals surface area contributed by atoms with E-state index in [1.54, 1.807) is 27.7 Å². The first-order valence-electron chi connectivity index (χ1n) is 6.27. The molecule has 2 rings (SSSR count). The quantitative estimate of drug-likeness (QED) is 0.442. The summed E-state index contributed by atoms with van der Waals surface area (Å²) in [5, 5.41) is 22.0. The molecule has 7 heteroatoms. The molecule has 2 aliphatic heterocycles. The van der Waals surface area contributed by atoms with E-state index in [0.29, 0.717) is 0 Å². The fourth-order valence-electron chi connectivity index (χ4n) is 2.36. The first-order valence-corrected chi connectivity index (χ1v) is 6.27. The maximum Gasteiger partial charge on any atom is 0.164 e. The molecule has 0 aromatic carbocycles. The van der Waals surface area contributed by atoms with E-state index in [4.69, 9.17) is 24.2 Å². The zero-order valence-corrected chi connectivity index (χ0v) is 11.6. The van der Waals surface area contributed by atoms with Gasteiger partial charge in [-0.15, -0.1) is 0 Å². The van der Waals surface area contributed by atoms with Crippen molar-refractivity contribution in [1.82, 2.24) is 0 Å². The Morgan fingerprint density at radius 2 is 1.84 bits per heavy atom. The molecule has 4 atom stereocenters. The summed E-state index contributed by atoms with van der Waals surface area (Å²) in [6, 6.07) is 0. The van der Waals surface area contributed by atoms with Crippen LogP contribution in [0.4, 0.5) is 0 Å². The van der Waals surface area contributed by atoms with Gasteiger partial charge in [-0.05, 0) is 27.7 Å². The molecular weight excluding hydrogens is 254 g/mol. The molecule has 0 amide bonds. The van der Waals surface area contributed by atoms with Gasteiger partial charge < -0.3 is 29.3 Å². The van der Waals surface area contributed by atoms with Gasteiger partial charge in [0.05, 0.1) is 12.8 Å². The second kappa shape index (κ2) is 4.99. The molecule has 0 bridgehead atoms. The normalized spacial score (nSPS) is 38.9. The summed E-state index contributed by atoms with van der Waals surface area (Å²) in [7, 11) is 0. The predicted octanol–water partition coefficient (Wildman–Crippen LogP) is 0.479. The average molecular weight is 275 g/mol. The minimum atomic E-state index is -0.938. The SMILES string of the molecule is CC1(C)OCC(C(O)C2OC(C)(C)OC2/C=N/O)O1. The average Bonchev–Trinajstić information content (AvgIpc) is 2.78. The van der Waals surface area contributed by atoms with Crippen LogP contribution in [0.15, 0.2) is 5.16 Å². The van der Waals surface area contributed by atoms with Gasteiger partial charge in [-0.2, -0.15) is 0 Å². The molecule has 7 nitrogen and oxygen atoms in total. The van der Waals surface area contributed by atoms with Crippen LogP contribution in [-0.2, 0) is 18.9 Å². The van der Waals surface area contributed by atoms with E-state index in [0.717, 1.165) is 0 Å². The molecule has 4 unspecified atom stereocenters. The molecule has 19 heavy (non-hydrogen) atoms. The number of aliphatic hydroxyl groups excluding tert-OH is 1. The van der Waals surface area contributed by atoms with Gasteiger partial charge >= 0.3 is 0 Å². The van der Waals surface area contributed by atoms with Crippen LogP contribution in [0.3, 0.4) is 0 Å². The van der Waals surface area contributed by atoms with Gasteiger partial charge in [0.25, 0.3) is 0 Å². The second-order valence-corrected chi connectivity index (χ2v) is 5.69. The number of nitrogens with zero attached hydrogens (tertiary/aromatic N) is 1. The van der Waals surface area contributed by atoms with Crippen molar-refractivity contribution in [3.8, 4) is 0 Å². The summed E-state index contributed by atoms with van der Waals surface area (Å²) in [6.45, 7) is 7.30. The molecule has 0 saturated carbocycles. The number of hydrogen-bond donors (Lipinski definition) is 2. The highest BCUT2D eigenvalue weighted by molar-refractivity contribution is 5.64. The van der Waals surface area contributed by atoms with Crippen LogP contribution in [0.25, 0.3) is 0 Å². The highest BCUT2D eigenvalue weighted by Crippen LogP contribution is 2.33. The molecule has 2 saturated heterocycles. The minimum Gasteiger partial charge on any atom is -0.411 e. The van der Waals surface area contributed by atoms with Crippen LogP contribution in [0.1, 0.15) is 27.7 Å². The Labute approximate surface area is 112 Å². The van der Waals surface area contributed by atoms with Crippen molar-refractivity contribution in [3.63, 3.8) is 0 Å². The topological polar surface area (TPSA) is 89.7 Å². The minimum absolute atomic E-state index is 0.275. The molecule has 110 valence electrons. The Balaban J connectivity index is 2.07. The van der Waals surface area contributed by atoms with Gasteiger partial charge in [0.1, 0.15) is 24.4 Å². The smallest absolute Gasteiger partial charge is 0.164 e. The van der Waals surface area contributed by atoms with Crippen molar-refractivity contribution in [2.24, 2.45) is 5.16 Å². The van der Waals surface area contributed by atoms with Gasteiger partial charge in [-0.3, -0.25) is 0 Å². The van der Waals surface area contributed by atoms with E-state index in [2.05, 4.69) is 5.16 Å². The lowest BCUT2D eigenvalue weighted by molar-refractivity contribution is -0.178. The fourth-order valence-corrected chi connectivity index (χ4v) is 2.36. The highest BCUT2D eigenvalue weighted by atomic mass is 16.8. The lowest BCUT2D eigenvalue weighted by Gasteiger charge is -2.25. The molecule has 2 aliphatic rings. The van der Waals surface area contributed by atoms with Crippen molar-refractivity contribution >= 4 is 6.21 Å². The first kappa shape index (κ1) is 14.7. The summed E-state index contributed by atoms with van der Waals surface area (Å²) in [6.07, 6.45) is -1.56. The van der Waals surface area contributed by atoms with Crippen LogP contribution >= 0.6 is 0 Å². The Morgan fingerprint density at radius 3 is 2.37 bits per heavy atom. The third kappa shape index (κ3) is 3.24. The van der Waals surface area contributed by atoms with Gasteiger partial charge in [-0.1, -0.05) is 5.16 Å². The third-order valence-electron chi connectivity index (χ3n) is 3.13. The molecule has 0 aromatic rings. The Bertz CT molecular complexity index is 356. The van der Waals surface area contributed by atoms with E-state index < -0.39 is 36.0 Å². The number of rotatable bonds is 3. The molecular formula is C12H21NO6.